The summed E-state index contributed by atoms with van der Waals surface area (Å²) in [7, 11) is 0. The minimum Gasteiger partial charge on any atom is -0.481 e. The van der Waals surface area contributed by atoms with Gasteiger partial charge in [0.2, 0.25) is 0 Å². The number of rotatable bonds is 3. The first-order chi connectivity index (χ1) is 9.24. The van der Waals surface area contributed by atoms with Gasteiger partial charge in [0.1, 0.15) is 5.60 Å². The zero-order valence-electron chi connectivity index (χ0n) is 13.0. The second-order valence-corrected chi connectivity index (χ2v) is 6.54. The van der Waals surface area contributed by atoms with E-state index >= 15 is 0 Å². The lowest BCUT2D eigenvalue weighted by molar-refractivity contribution is -0.144. The molecule has 0 bridgehead atoms. The van der Waals surface area contributed by atoms with Gasteiger partial charge >= 0.3 is 12.1 Å². The van der Waals surface area contributed by atoms with E-state index in [0.717, 1.165) is 19.3 Å². The Kier molecular flexibility index (Phi) is 5.84. The minimum absolute atomic E-state index is 0.157. The highest BCUT2D eigenvalue weighted by Crippen LogP contribution is 2.29. The highest BCUT2D eigenvalue weighted by molar-refractivity contribution is 5.71. The number of amides is 1. The van der Waals surface area contributed by atoms with E-state index in [2.05, 4.69) is 6.92 Å². The van der Waals surface area contributed by atoms with Crippen LogP contribution in [0.15, 0.2) is 0 Å². The normalized spacial score (nSPS) is 24.1. The van der Waals surface area contributed by atoms with Gasteiger partial charge in [-0.1, -0.05) is 13.3 Å². The van der Waals surface area contributed by atoms with Crippen molar-refractivity contribution in [3.63, 3.8) is 0 Å². The molecule has 0 spiro atoms. The number of carboxylic acid groups (broad SMARTS) is 1. The molecule has 1 saturated heterocycles. The molecule has 1 rings (SSSR count). The fourth-order valence-electron chi connectivity index (χ4n) is 2.72. The summed E-state index contributed by atoms with van der Waals surface area (Å²) in [6.07, 6.45) is 2.79. The Morgan fingerprint density at radius 2 is 1.85 bits per heavy atom. The predicted octanol–water partition coefficient (Wildman–Crippen LogP) is 3.13. The van der Waals surface area contributed by atoms with Gasteiger partial charge in [0.25, 0.3) is 0 Å². The van der Waals surface area contributed by atoms with Crippen molar-refractivity contribution in [2.24, 2.45) is 11.8 Å². The van der Waals surface area contributed by atoms with E-state index in [1.807, 2.05) is 20.8 Å². The third-order valence-corrected chi connectivity index (χ3v) is 3.68. The molecule has 1 N–H and O–H groups in total. The molecule has 1 aliphatic heterocycles. The molecule has 116 valence electrons. The monoisotopic (exact) mass is 285 g/mol. The molecule has 0 aromatic rings. The van der Waals surface area contributed by atoms with Crippen LogP contribution in [0.25, 0.3) is 0 Å². The summed E-state index contributed by atoms with van der Waals surface area (Å²) in [5.41, 5.74) is -0.515. The quantitative estimate of drug-likeness (QED) is 0.865. The van der Waals surface area contributed by atoms with E-state index < -0.39 is 11.6 Å². The predicted molar refractivity (Wildman–Crippen MR) is 76.6 cm³/mol. The molecule has 5 heteroatoms. The minimum atomic E-state index is -0.741. The van der Waals surface area contributed by atoms with Crippen molar-refractivity contribution >= 4 is 12.1 Å². The number of likely N-dealkylation sites (tertiary alicyclic amines) is 1. The Labute approximate surface area is 121 Å². The summed E-state index contributed by atoms with van der Waals surface area (Å²) in [5.74, 6) is -0.929. The van der Waals surface area contributed by atoms with E-state index in [-0.39, 0.29) is 17.9 Å². The van der Waals surface area contributed by atoms with Crippen LogP contribution in [0.4, 0.5) is 4.79 Å². The molecule has 0 aromatic carbocycles. The Balaban J connectivity index is 2.68. The Morgan fingerprint density at radius 1 is 1.25 bits per heavy atom. The summed E-state index contributed by atoms with van der Waals surface area (Å²) < 4.78 is 5.36. The van der Waals surface area contributed by atoms with Gasteiger partial charge < -0.3 is 14.7 Å². The maximum atomic E-state index is 12.1. The van der Waals surface area contributed by atoms with Crippen molar-refractivity contribution < 1.29 is 19.4 Å². The first-order valence-electron chi connectivity index (χ1n) is 7.45. The topological polar surface area (TPSA) is 66.8 Å². The van der Waals surface area contributed by atoms with Gasteiger partial charge in [0, 0.05) is 13.1 Å². The van der Waals surface area contributed by atoms with E-state index in [9.17, 15) is 14.7 Å². The molecule has 0 saturated carbocycles. The Hall–Kier alpha value is -1.26. The largest absolute Gasteiger partial charge is 0.481 e. The van der Waals surface area contributed by atoms with E-state index in [1.165, 1.54) is 0 Å². The van der Waals surface area contributed by atoms with Gasteiger partial charge in [0.15, 0.2) is 0 Å². The molecule has 2 unspecified atom stereocenters. The smallest absolute Gasteiger partial charge is 0.410 e. The SMILES string of the molecule is CCCC1CCN(C(=O)OC(C)(C)C)CCC1C(=O)O. The van der Waals surface area contributed by atoms with Gasteiger partial charge in [-0.25, -0.2) is 4.79 Å². The maximum Gasteiger partial charge on any atom is 0.410 e. The highest BCUT2D eigenvalue weighted by atomic mass is 16.6. The number of carbonyl (C=O) groups excluding carboxylic acids is 1. The number of aliphatic carboxylic acids is 1. The number of ether oxygens (including phenoxy) is 1. The lowest BCUT2D eigenvalue weighted by Crippen LogP contribution is -2.37. The summed E-state index contributed by atoms with van der Waals surface area (Å²) in [6, 6.07) is 0. The third-order valence-electron chi connectivity index (χ3n) is 3.68. The van der Waals surface area contributed by atoms with Crippen molar-refractivity contribution in [1.82, 2.24) is 4.90 Å². The van der Waals surface area contributed by atoms with Crippen LogP contribution in [0.2, 0.25) is 0 Å². The summed E-state index contributed by atoms with van der Waals surface area (Å²) in [4.78, 5) is 25.1. The third kappa shape index (κ3) is 5.02. The summed E-state index contributed by atoms with van der Waals surface area (Å²) in [5, 5.41) is 9.34. The fraction of sp³-hybridized carbons (Fsp3) is 0.867. The summed E-state index contributed by atoms with van der Waals surface area (Å²) in [6.45, 7) is 8.62. The lowest BCUT2D eigenvalue weighted by Gasteiger charge is -2.26. The average molecular weight is 285 g/mol. The van der Waals surface area contributed by atoms with Crippen LogP contribution >= 0.6 is 0 Å². The molecule has 0 aliphatic carbocycles. The van der Waals surface area contributed by atoms with Gasteiger partial charge in [-0.05, 0) is 46.0 Å². The van der Waals surface area contributed by atoms with Crippen molar-refractivity contribution in [2.75, 3.05) is 13.1 Å². The van der Waals surface area contributed by atoms with Crippen molar-refractivity contribution in [2.45, 2.75) is 59.0 Å². The highest BCUT2D eigenvalue weighted by Gasteiger charge is 2.33. The van der Waals surface area contributed by atoms with Gasteiger partial charge in [-0.3, -0.25) is 4.79 Å². The van der Waals surface area contributed by atoms with E-state index in [4.69, 9.17) is 4.74 Å². The average Bonchev–Trinajstić information content (AvgIpc) is 2.50. The first kappa shape index (κ1) is 16.8. The number of carboxylic acids is 1. The molecule has 1 amide bonds. The molecular weight excluding hydrogens is 258 g/mol. The van der Waals surface area contributed by atoms with E-state index in [0.29, 0.717) is 19.5 Å². The zero-order valence-corrected chi connectivity index (χ0v) is 13.0. The van der Waals surface area contributed by atoms with Crippen LogP contribution in [-0.4, -0.2) is 40.8 Å². The Bertz CT molecular complexity index is 348. The molecule has 1 fully saturated rings. The van der Waals surface area contributed by atoms with Crippen LogP contribution in [0.1, 0.15) is 53.4 Å². The molecule has 5 nitrogen and oxygen atoms in total. The second kappa shape index (κ2) is 6.95. The van der Waals surface area contributed by atoms with Crippen molar-refractivity contribution in [3.05, 3.63) is 0 Å². The van der Waals surface area contributed by atoms with Crippen LogP contribution in [0.3, 0.4) is 0 Å². The van der Waals surface area contributed by atoms with E-state index in [1.54, 1.807) is 4.90 Å². The maximum absolute atomic E-state index is 12.1. The van der Waals surface area contributed by atoms with Gasteiger partial charge in [-0.15, -0.1) is 0 Å². The molecule has 0 radical (unpaired) electrons. The zero-order chi connectivity index (χ0) is 15.3. The number of nitrogens with zero attached hydrogens (tertiary/aromatic N) is 1. The van der Waals surface area contributed by atoms with Crippen molar-refractivity contribution in [1.29, 1.82) is 0 Å². The molecule has 0 aromatic heterocycles. The number of hydrogen-bond acceptors (Lipinski definition) is 3. The molecular formula is C15H27NO4. The number of carbonyl (C=O) groups is 2. The van der Waals surface area contributed by atoms with Gasteiger partial charge in [0.05, 0.1) is 5.92 Å². The standard InChI is InChI=1S/C15H27NO4/c1-5-6-11-7-9-16(10-8-12(11)13(17)18)14(19)20-15(2,3)4/h11-12H,5-10H2,1-4H3,(H,17,18). The second-order valence-electron chi connectivity index (χ2n) is 6.54. The molecule has 1 heterocycles. The van der Waals surface area contributed by atoms with Crippen LogP contribution in [-0.2, 0) is 9.53 Å². The Morgan fingerprint density at radius 3 is 2.35 bits per heavy atom. The number of hydrogen-bond donors (Lipinski definition) is 1. The van der Waals surface area contributed by atoms with Crippen LogP contribution in [0, 0.1) is 11.8 Å². The fourth-order valence-corrected chi connectivity index (χ4v) is 2.72. The van der Waals surface area contributed by atoms with Crippen molar-refractivity contribution in [3.8, 4) is 0 Å². The van der Waals surface area contributed by atoms with Crippen LogP contribution < -0.4 is 0 Å². The van der Waals surface area contributed by atoms with Gasteiger partial charge in [-0.2, -0.15) is 0 Å². The molecule has 2 atom stereocenters. The molecule has 20 heavy (non-hydrogen) atoms. The first-order valence-corrected chi connectivity index (χ1v) is 7.45. The molecule has 1 aliphatic rings. The summed E-state index contributed by atoms with van der Waals surface area (Å²) >= 11 is 0. The van der Waals surface area contributed by atoms with Crippen LogP contribution in [0.5, 0.6) is 0 Å². The lowest BCUT2D eigenvalue weighted by atomic mass is 9.85.